The quantitative estimate of drug-likeness (QED) is 0.846. The number of halogens is 1. The number of aryl methyl sites for hydroxylation is 1. The molecule has 94 valence electrons. The molecule has 0 spiro atoms. The second kappa shape index (κ2) is 5.44. The van der Waals surface area contributed by atoms with E-state index in [9.17, 15) is 0 Å². The van der Waals surface area contributed by atoms with Crippen molar-refractivity contribution in [2.75, 3.05) is 17.2 Å². The Bertz CT molecular complexity index is 535. The van der Waals surface area contributed by atoms with Crippen LogP contribution in [0.5, 0.6) is 0 Å². The number of nitrogens with two attached hydrogens (primary N) is 1. The molecule has 0 atom stereocenters. The molecule has 0 aliphatic carbocycles. The molecule has 2 rings (SSSR count). The fraction of sp³-hybridized carbons (Fsp3) is 0.200. The van der Waals surface area contributed by atoms with Crippen molar-refractivity contribution in [1.82, 2.24) is 0 Å². The summed E-state index contributed by atoms with van der Waals surface area (Å²) in [6.07, 6.45) is 0. The van der Waals surface area contributed by atoms with E-state index in [-0.39, 0.29) is 0 Å². The van der Waals surface area contributed by atoms with E-state index in [1.807, 2.05) is 18.2 Å². The van der Waals surface area contributed by atoms with Gasteiger partial charge in [-0.1, -0.05) is 33.6 Å². The van der Waals surface area contributed by atoms with Crippen LogP contribution in [-0.4, -0.2) is 6.54 Å². The van der Waals surface area contributed by atoms with Crippen LogP contribution in [0.25, 0.3) is 0 Å². The van der Waals surface area contributed by atoms with Crippen LogP contribution in [0.15, 0.2) is 46.9 Å². The zero-order valence-electron chi connectivity index (χ0n) is 10.7. The zero-order chi connectivity index (χ0) is 13.1. The highest BCUT2D eigenvalue weighted by molar-refractivity contribution is 9.10. The highest BCUT2D eigenvalue weighted by Gasteiger charge is 2.10. The summed E-state index contributed by atoms with van der Waals surface area (Å²) in [5.74, 6) is 0. The van der Waals surface area contributed by atoms with Crippen molar-refractivity contribution in [2.24, 2.45) is 0 Å². The standard InChI is InChI=1S/C15H17BrN2/c1-3-18(13-7-4-11(2)5-8-13)15-9-6-12(16)10-14(15)17/h4-10H,3,17H2,1-2H3. The summed E-state index contributed by atoms with van der Waals surface area (Å²) in [6.45, 7) is 5.10. The maximum absolute atomic E-state index is 6.09. The molecule has 2 nitrogen and oxygen atoms in total. The van der Waals surface area contributed by atoms with Gasteiger partial charge in [-0.2, -0.15) is 0 Å². The number of rotatable bonds is 3. The van der Waals surface area contributed by atoms with Crippen LogP contribution in [0, 0.1) is 6.92 Å². The predicted octanol–water partition coefficient (Wildman–Crippen LogP) is 4.50. The largest absolute Gasteiger partial charge is 0.397 e. The van der Waals surface area contributed by atoms with Crippen LogP contribution in [0.2, 0.25) is 0 Å². The molecule has 0 radical (unpaired) electrons. The first-order chi connectivity index (χ1) is 8.61. The van der Waals surface area contributed by atoms with Crippen molar-refractivity contribution in [3.05, 3.63) is 52.5 Å². The molecule has 0 bridgehead atoms. The summed E-state index contributed by atoms with van der Waals surface area (Å²) < 4.78 is 1.00. The first kappa shape index (κ1) is 13.0. The fourth-order valence-corrected chi connectivity index (χ4v) is 2.37. The number of anilines is 3. The Kier molecular flexibility index (Phi) is 3.92. The highest BCUT2D eigenvalue weighted by Crippen LogP contribution is 2.32. The van der Waals surface area contributed by atoms with E-state index >= 15 is 0 Å². The average molecular weight is 305 g/mol. The molecule has 0 aliphatic heterocycles. The normalized spacial score (nSPS) is 10.4. The monoisotopic (exact) mass is 304 g/mol. The predicted molar refractivity (Wildman–Crippen MR) is 82.4 cm³/mol. The van der Waals surface area contributed by atoms with Gasteiger partial charge in [-0.3, -0.25) is 0 Å². The second-order valence-electron chi connectivity index (χ2n) is 4.28. The number of nitrogen functional groups attached to an aromatic ring is 1. The third kappa shape index (κ3) is 2.67. The first-order valence-electron chi connectivity index (χ1n) is 6.01. The van der Waals surface area contributed by atoms with Gasteiger partial charge >= 0.3 is 0 Å². The van der Waals surface area contributed by atoms with E-state index < -0.39 is 0 Å². The van der Waals surface area contributed by atoms with E-state index in [2.05, 4.69) is 58.9 Å². The zero-order valence-corrected chi connectivity index (χ0v) is 12.2. The summed E-state index contributed by atoms with van der Waals surface area (Å²) in [5.41, 5.74) is 10.3. The Morgan fingerprint density at radius 1 is 1.11 bits per heavy atom. The molecule has 2 aromatic carbocycles. The van der Waals surface area contributed by atoms with Gasteiger partial charge in [-0.05, 0) is 44.2 Å². The molecule has 2 N–H and O–H groups in total. The molecule has 0 saturated carbocycles. The van der Waals surface area contributed by atoms with Crippen molar-refractivity contribution in [2.45, 2.75) is 13.8 Å². The Morgan fingerprint density at radius 2 is 1.78 bits per heavy atom. The SMILES string of the molecule is CCN(c1ccc(C)cc1)c1ccc(Br)cc1N. The smallest absolute Gasteiger partial charge is 0.0645 e. The molecule has 0 heterocycles. The highest BCUT2D eigenvalue weighted by atomic mass is 79.9. The lowest BCUT2D eigenvalue weighted by molar-refractivity contribution is 1.02. The minimum absolute atomic E-state index is 0.784. The molecular weight excluding hydrogens is 288 g/mol. The van der Waals surface area contributed by atoms with E-state index in [0.717, 1.165) is 28.1 Å². The first-order valence-corrected chi connectivity index (χ1v) is 6.80. The van der Waals surface area contributed by atoms with Crippen molar-refractivity contribution in [1.29, 1.82) is 0 Å². The van der Waals surface area contributed by atoms with Crippen molar-refractivity contribution in [3.63, 3.8) is 0 Å². The van der Waals surface area contributed by atoms with E-state index in [0.29, 0.717) is 0 Å². The molecule has 0 aliphatic rings. The third-order valence-electron chi connectivity index (χ3n) is 2.94. The number of nitrogens with zero attached hydrogens (tertiary/aromatic N) is 1. The van der Waals surface area contributed by atoms with Crippen LogP contribution in [-0.2, 0) is 0 Å². The Hall–Kier alpha value is -1.48. The van der Waals surface area contributed by atoms with Gasteiger partial charge in [-0.25, -0.2) is 0 Å². The van der Waals surface area contributed by atoms with Crippen LogP contribution < -0.4 is 10.6 Å². The Morgan fingerprint density at radius 3 is 2.33 bits per heavy atom. The molecule has 0 unspecified atom stereocenters. The van der Waals surface area contributed by atoms with Crippen molar-refractivity contribution in [3.8, 4) is 0 Å². The summed E-state index contributed by atoms with van der Waals surface area (Å²) in [5, 5.41) is 0. The maximum Gasteiger partial charge on any atom is 0.0645 e. The summed E-state index contributed by atoms with van der Waals surface area (Å²) in [6, 6.07) is 14.5. The van der Waals surface area contributed by atoms with Gasteiger partial charge in [0.1, 0.15) is 0 Å². The van der Waals surface area contributed by atoms with Crippen LogP contribution in [0.4, 0.5) is 17.1 Å². The minimum atomic E-state index is 0.784. The van der Waals surface area contributed by atoms with Crippen LogP contribution in [0.1, 0.15) is 12.5 Å². The van der Waals surface area contributed by atoms with Crippen LogP contribution >= 0.6 is 15.9 Å². The maximum atomic E-state index is 6.09. The molecule has 0 fully saturated rings. The van der Waals surface area contributed by atoms with Gasteiger partial charge in [-0.15, -0.1) is 0 Å². The molecule has 0 aromatic heterocycles. The fourth-order valence-electron chi connectivity index (χ4n) is 1.99. The van der Waals surface area contributed by atoms with Gasteiger partial charge in [0, 0.05) is 16.7 Å². The van der Waals surface area contributed by atoms with Gasteiger partial charge in [0.15, 0.2) is 0 Å². The van der Waals surface area contributed by atoms with Gasteiger partial charge in [0.2, 0.25) is 0 Å². The molecular formula is C15H17BrN2. The average Bonchev–Trinajstić information content (AvgIpc) is 2.35. The topological polar surface area (TPSA) is 29.3 Å². The van der Waals surface area contributed by atoms with Crippen molar-refractivity contribution < 1.29 is 0 Å². The van der Waals surface area contributed by atoms with Crippen molar-refractivity contribution >= 4 is 33.0 Å². The number of hydrogen-bond donors (Lipinski definition) is 1. The lowest BCUT2D eigenvalue weighted by Crippen LogP contribution is -2.17. The summed E-state index contributed by atoms with van der Waals surface area (Å²) in [7, 11) is 0. The van der Waals surface area contributed by atoms with Gasteiger partial charge in [0.25, 0.3) is 0 Å². The van der Waals surface area contributed by atoms with Gasteiger partial charge in [0.05, 0.1) is 11.4 Å². The lowest BCUT2D eigenvalue weighted by atomic mass is 10.2. The molecule has 0 amide bonds. The molecule has 3 heteroatoms. The summed E-state index contributed by atoms with van der Waals surface area (Å²) >= 11 is 3.43. The Balaban J connectivity index is 2.41. The number of hydrogen-bond acceptors (Lipinski definition) is 2. The van der Waals surface area contributed by atoms with E-state index in [4.69, 9.17) is 5.73 Å². The minimum Gasteiger partial charge on any atom is -0.397 e. The van der Waals surface area contributed by atoms with E-state index in [1.54, 1.807) is 0 Å². The van der Waals surface area contributed by atoms with E-state index in [1.165, 1.54) is 5.56 Å². The summed E-state index contributed by atoms with van der Waals surface area (Å²) in [4.78, 5) is 2.21. The lowest BCUT2D eigenvalue weighted by Gasteiger charge is -2.25. The van der Waals surface area contributed by atoms with Gasteiger partial charge < -0.3 is 10.6 Å². The second-order valence-corrected chi connectivity index (χ2v) is 5.20. The molecule has 0 saturated heterocycles. The Labute approximate surface area is 117 Å². The third-order valence-corrected chi connectivity index (χ3v) is 3.44. The molecule has 2 aromatic rings. The molecule has 18 heavy (non-hydrogen) atoms. The van der Waals surface area contributed by atoms with Crippen LogP contribution in [0.3, 0.4) is 0 Å². The number of benzene rings is 2.